The molecule has 0 bridgehead atoms. The number of rotatable bonds is 0. The summed E-state index contributed by atoms with van der Waals surface area (Å²) >= 11 is 0. The first kappa shape index (κ1) is 5.17. The molecule has 3 aliphatic rings. The maximum absolute atomic E-state index is 2.44. The zero-order chi connectivity index (χ0) is 6.55. The first-order valence-electron chi connectivity index (χ1n) is 4.32. The van der Waals surface area contributed by atoms with Crippen LogP contribution in [0, 0.1) is 23.7 Å². The van der Waals surface area contributed by atoms with Gasteiger partial charge in [0.2, 0.25) is 0 Å². The molecule has 0 aromatic heterocycles. The van der Waals surface area contributed by atoms with Gasteiger partial charge in [0.15, 0.2) is 0 Å². The highest BCUT2D eigenvalue weighted by Crippen LogP contribution is 2.51. The molecule has 3 aliphatic carbocycles. The molecule has 10 heavy (non-hydrogen) atoms. The molecule has 0 heterocycles. The van der Waals surface area contributed by atoms with E-state index < -0.39 is 0 Å². The van der Waals surface area contributed by atoms with Gasteiger partial charge in [-0.1, -0.05) is 24.3 Å². The summed E-state index contributed by atoms with van der Waals surface area (Å²) in [6, 6.07) is 0. The highest BCUT2D eigenvalue weighted by Gasteiger charge is 2.42. The van der Waals surface area contributed by atoms with Crippen LogP contribution in [0.1, 0.15) is 12.8 Å². The minimum Gasteiger partial charge on any atom is -0.0845 e. The van der Waals surface area contributed by atoms with Crippen LogP contribution < -0.4 is 0 Å². The Bertz CT molecular complexity index is 190. The quantitative estimate of drug-likeness (QED) is 0.444. The molecule has 1 fully saturated rings. The first-order chi connectivity index (χ1) is 4.95. The van der Waals surface area contributed by atoms with Crippen LogP contribution in [-0.2, 0) is 0 Å². The summed E-state index contributed by atoms with van der Waals surface area (Å²) in [5, 5.41) is 0. The van der Waals surface area contributed by atoms with Crippen LogP contribution >= 0.6 is 0 Å². The molecule has 3 rings (SSSR count). The Kier molecular flexibility index (Phi) is 0.803. The van der Waals surface area contributed by atoms with Gasteiger partial charge in [-0.15, -0.1) is 0 Å². The van der Waals surface area contributed by atoms with Gasteiger partial charge in [-0.3, -0.25) is 0 Å². The number of hydrogen-bond acceptors (Lipinski definition) is 0. The van der Waals surface area contributed by atoms with Gasteiger partial charge in [-0.25, -0.2) is 0 Å². The lowest BCUT2D eigenvalue weighted by atomic mass is 9.90. The maximum atomic E-state index is 2.44. The molecule has 0 radical (unpaired) electrons. The molecule has 0 aliphatic heterocycles. The highest BCUT2D eigenvalue weighted by atomic mass is 14.5. The Morgan fingerprint density at radius 2 is 1.40 bits per heavy atom. The number of allylic oxidation sites excluding steroid dienone is 4. The van der Waals surface area contributed by atoms with E-state index in [1.54, 1.807) is 0 Å². The van der Waals surface area contributed by atoms with Crippen LogP contribution in [0.25, 0.3) is 0 Å². The van der Waals surface area contributed by atoms with Crippen molar-refractivity contribution in [1.82, 2.24) is 0 Å². The average molecular weight is 132 g/mol. The Hall–Kier alpha value is -0.520. The van der Waals surface area contributed by atoms with Crippen LogP contribution in [0.4, 0.5) is 0 Å². The predicted molar refractivity (Wildman–Crippen MR) is 41.5 cm³/mol. The van der Waals surface area contributed by atoms with Crippen LogP contribution in [-0.4, -0.2) is 0 Å². The second-order valence-electron chi connectivity index (χ2n) is 3.83. The predicted octanol–water partition coefficient (Wildman–Crippen LogP) is 2.38. The Labute approximate surface area is 61.6 Å². The molecular formula is C10H12. The second-order valence-corrected chi connectivity index (χ2v) is 3.83. The van der Waals surface area contributed by atoms with Gasteiger partial charge in [-0.05, 0) is 36.5 Å². The zero-order valence-electron chi connectivity index (χ0n) is 6.03. The minimum absolute atomic E-state index is 0.831. The molecule has 0 amide bonds. The van der Waals surface area contributed by atoms with Crippen LogP contribution in [0.5, 0.6) is 0 Å². The van der Waals surface area contributed by atoms with Crippen molar-refractivity contribution < 1.29 is 0 Å². The minimum atomic E-state index is 0.831. The van der Waals surface area contributed by atoms with Gasteiger partial charge in [0.25, 0.3) is 0 Å². The van der Waals surface area contributed by atoms with Gasteiger partial charge in [0, 0.05) is 0 Å². The van der Waals surface area contributed by atoms with E-state index in [0.717, 1.165) is 23.7 Å². The molecule has 0 N–H and O–H groups in total. The molecule has 0 saturated heterocycles. The number of hydrogen-bond donors (Lipinski definition) is 0. The topological polar surface area (TPSA) is 0 Å². The van der Waals surface area contributed by atoms with Crippen molar-refractivity contribution in [2.24, 2.45) is 23.7 Å². The van der Waals surface area contributed by atoms with E-state index in [4.69, 9.17) is 0 Å². The Morgan fingerprint density at radius 1 is 0.800 bits per heavy atom. The molecule has 0 heteroatoms. The van der Waals surface area contributed by atoms with Gasteiger partial charge < -0.3 is 0 Å². The van der Waals surface area contributed by atoms with Crippen molar-refractivity contribution in [3.63, 3.8) is 0 Å². The molecule has 52 valence electrons. The Morgan fingerprint density at radius 3 is 2.00 bits per heavy atom. The van der Waals surface area contributed by atoms with E-state index in [-0.39, 0.29) is 0 Å². The Balaban J connectivity index is 2.07. The van der Waals surface area contributed by atoms with Gasteiger partial charge in [0.05, 0.1) is 0 Å². The molecule has 4 atom stereocenters. The van der Waals surface area contributed by atoms with Gasteiger partial charge in [-0.2, -0.15) is 0 Å². The van der Waals surface area contributed by atoms with E-state index >= 15 is 0 Å². The lowest BCUT2D eigenvalue weighted by Gasteiger charge is -2.13. The normalized spacial score (nSPS) is 54.4. The van der Waals surface area contributed by atoms with Crippen molar-refractivity contribution >= 4 is 0 Å². The van der Waals surface area contributed by atoms with E-state index in [1.807, 2.05) is 0 Å². The van der Waals surface area contributed by atoms with Gasteiger partial charge >= 0.3 is 0 Å². The van der Waals surface area contributed by atoms with Crippen molar-refractivity contribution in [3.8, 4) is 0 Å². The average Bonchev–Trinajstić information content (AvgIpc) is 2.56. The second kappa shape index (κ2) is 1.55. The van der Waals surface area contributed by atoms with Crippen LogP contribution in [0.2, 0.25) is 0 Å². The molecule has 0 aromatic rings. The van der Waals surface area contributed by atoms with Crippen LogP contribution in [0.3, 0.4) is 0 Å². The molecule has 1 saturated carbocycles. The monoisotopic (exact) mass is 132 g/mol. The molecule has 2 unspecified atom stereocenters. The van der Waals surface area contributed by atoms with E-state index in [0.29, 0.717) is 0 Å². The third-order valence-electron chi connectivity index (χ3n) is 3.43. The SMILES string of the molecule is C1=C[C@@H]2CC[C@@H]3C=CC1C23. The summed E-state index contributed by atoms with van der Waals surface area (Å²) in [7, 11) is 0. The van der Waals surface area contributed by atoms with Crippen LogP contribution in [0.15, 0.2) is 24.3 Å². The fourth-order valence-corrected chi connectivity index (χ4v) is 2.97. The lowest BCUT2D eigenvalue weighted by molar-refractivity contribution is 0.397. The smallest absolute Gasteiger partial charge is 0.00137 e. The van der Waals surface area contributed by atoms with E-state index in [1.165, 1.54) is 12.8 Å². The van der Waals surface area contributed by atoms with Crippen molar-refractivity contribution in [3.05, 3.63) is 24.3 Å². The van der Waals surface area contributed by atoms with Crippen molar-refractivity contribution in [1.29, 1.82) is 0 Å². The van der Waals surface area contributed by atoms with E-state index in [2.05, 4.69) is 24.3 Å². The molecular weight excluding hydrogens is 120 g/mol. The third-order valence-corrected chi connectivity index (χ3v) is 3.43. The fourth-order valence-electron chi connectivity index (χ4n) is 2.97. The maximum Gasteiger partial charge on any atom is -0.00137 e. The lowest BCUT2D eigenvalue weighted by Crippen LogP contribution is -2.09. The molecule has 0 spiro atoms. The third kappa shape index (κ3) is 0.448. The molecule has 0 nitrogen and oxygen atoms in total. The summed E-state index contributed by atoms with van der Waals surface area (Å²) in [4.78, 5) is 0. The van der Waals surface area contributed by atoms with Crippen molar-refractivity contribution in [2.75, 3.05) is 0 Å². The first-order valence-corrected chi connectivity index (χ1v) is 4.32. The fraction of sp³-hybridized carbons (Fsp3) is 0.600. The summed E-state index contributed by atoms with van der Waals surface area (Å²) in [5.74, 6) is 3.73. The standard InChI is InChI=1S/C10H12/c1-2-8-5-6-9-4-3-7(1)10(8)9/h1-4,7-10H,5-6H2/t7?,8-,9+,10?. The zero-order valence-corrected chi connectivity index (χ0v) is 6.03. The summed E-state index contributed by atoms with van der Waals surface area (Å²) in [6.07, 6.45) is 12.6. The highest BCUT2D eigenvalue weighted by molar-refractivity contribution is 5.24. The molecule has 0 aromatic carbocycles. The summed E-state index contributed by atoms with van der Waals surface area (Å²) < 4.78 is 0. The largest absolute Gasteiger partial charge is 0.0845 e. The van der Waals surface area contributed by atoms with E-state index in [9.17, 15) is 0 Å². The van der Waals surface area contributed by atoms with Crippen molar-refractivity contribution in [2.45, 2.75) is 12.8 Å². The van der Waals surface area contributed by atoms with Gasteiger partial charge in [0.1, 0.15) is 0 Å². The summed E-state index contributed by atoms with van der Waals surface area (Å²) in [6.45, 7) is 0. The summed E-state index contributed by atoms with van der Waals surface area (Å²) in [5.41, 5.74) is 0.